The van der Waals surface area contributed by atoms with E-state index in [1.165, 1.54) is 0 Å². The number of nitrogens with one attached hydrogen (secondary N) is 1. The fourth-order valence-corrected chi connectivity index (χ4v) is 2.83. The van der Waals surface area contributed by atoms with Crippen LogP contribution in [0.5, 0.6) is 0 Å². The SMILES string of the molecule is C[C@H](CO[Si](C)(C)C(C)(C)C)N[S+]([O-])C(C)(C)C. The highest BCUT2D eigenvalue weighted by molar-refractivity contribution is 7.90. The lowest BCUT2D eigenvalue weighted by atomic mass is 10.2. The molecule has 1 unspecified atom stereocenters. The number of rotatable bonds is 5. The van der Waals surface area contributed by atoms with Crippen LogP contribution in [0.2, 0.25) is 18.1 Å². The van der Waals surface area contributed by atoms with Gasteiger partial charge in [-0.05, 0) is 45.8 Å². The summed E-state index contributed by atoms with van der Waals surface area (Å²) in [6, 6.07) is 0.110. The molecule has 18 heavy (non-hydrogen) atoms. The van der Waals surface area contributed by atoms with E-state index in [9.17, 15) is 4.55 Å². The van der Waals surface area contributed by atoms with Gasteiger partial charge in [0.05, 0.1) is 12.6 Å². The normalized spacial score (nSPS) is 17.7. The zero-order valence-corrected chi connectivity index (χ0v) is 15.3. The summed E-state index contributed by atoms with van der Waals surface area (Å²) in [6.45, 7) is 19.7. The molecule has 0 saturated carbocycles. The molecule has 0 spiro atoms. The van der Waals surface area contributed by atoms with Crippen LogP contribution in [0.4, 0.5) is 0 Å². The lowest BCUT2D eigenvalue weighted by molar-refractivity contribution is 0.261. The van der Waals surface area contributed by atoms with Gasteiger partial charge in [0, 0.05) is 11.4 Å². The highest BCUT2D eigenvalue weighted by Crippen LogP contribution is 2.36. The van der Waals surface area contributed by atoms with Gasteiger partial charge in [0.15, 0.2) is 8.32 Å². The van der Waals surface area contributed by atoms with Crippen molar-refractivity contribution in [2.75, 3.05) is 6.61 Å². The maximum Gasteiger partial charge on any atom is 0.192 e. The van der Waals surface area contributed by atoms with Crippen LogP contribution in [-0.4, -0.2) is 30.3 Å². The average molecular weight is 294 g/mol. The summed E-state index contributed by atoms with van der Waals surface area (Å²) in [6.07, 6.45) is 0. The smallest absolute Gasteiger partial charge is 0.192 e. The molecule has 0 aromatic rings. The third-order valence-electron chi connectivity index (χ3n) is 3.36. The minimum Gasteiger partial charge on any atom is -0.598 e. The number of hydrogen-bond donors (Lipinski definition) is 1. The third kappa shape index (κ3) is 6.06. The van der Waals surface area contributed by atoms with Gasteiger partial charge in [-0.3, -0.25) is 0 Å². The Labute approximate surface area is 118 Å². The van der Waals surface area contributed by atoms with Gasteiger partial charge >= 0.3 is 0 Å². The van der Waals surface area contributed by atoms with E-state index in [-0.39, 0.29) is 15.8 Å². The highest BCUT2D eigenvalue weighted by atomic mass is 32.2. The molecule has 0 amide bonds. The predicted octanol–water partition coefficient (Wildman–Crippen LogP) is 3.45. The molecule has 0 radical (unpaired) electrons. The lowest BCUT2D eigenvalue weighted by Crippen LogP contribution is -2.48. The quantitative estimate of drug-likeness (QED) is 0.624. The van der Waals surface area contributed by atoms with Crippen molar-refractivity contribution < 1.29 is 8.98 Å². The Hall–Kier alpha value is 0.447. The fraction of sp³-hybridized carbons (Fsp3) is 1.00. The Balaban J connectivity index is 4.24. The standard InChI is InChI=1S/C13H31NO2SSi/c1-11(14-17(15)12(2,3)4)10-16-18(8,9)13(5,6)7/h11,14H,10H2,1-9H3/t11-,17?/m1/s1. The second kappa shape index (κ2) is 6.26. The van der Waals surface area contributed by atoms with E-state index >= 15 is 0 Å². The molecule has 0 heterocycles. The predicted molar refractivity (Wildman–Crippen MR) is 83.6 cm³/mol. The zero-order chi connectivity index (χ0) is 14.8. The highest BCUT2D eigenvalue weighted by Gasteiger charge is 2.37. The van der Waals surface area contributed by atoms with Crippen molar-refractivity contribution >= 4 is 19.7 Å². The fourth-order valence-electron chi connectivity index (χ4n) is 0.943. The van der Waals surface area contributed by atoms with Crippen LogP contribution in [0.3, 0.4) is 0 Å². The lowest BCUT2D eigenvalue weighted by Gasteiger charge is -2.37. The monoisotopic (exact) mass is 293 g/mol. The summed E-state index contributed by atoms with van der Waals surface area (Å²) in [5.74, 6) is 0. The largest absolute Gasteiger partial charge is 0.598 e. The Bertz CT molecular complexity index is 259. The summed E-state index contributed by atoms with van der Waals surface area (Å²) < 4.78 is 20.9. The Kier molecular flexibility index (Phi) is 6.42. The molecule has 0 aromatic heterocycles. The molecule has 0 rings (SSSR count). The van der Waals surface area contributed by atoms with Crippen LogP contribution in [0.1, 0.15) is 48.5 Å². The van der Waals surface area contributed by atoms with Crippen LogP contribution >= 0.6 is 0 Å². The average Bonchev–Trinajstić information content (AvgIpc) is 2.11. The van der Waals surface area contributed by atoms with Gasteiger partial charge in [0.1, 0.15) is 4.75 Å². The van der Waals surface area contributed by atoms with E-state index in [0.29, 0.717) is 6.61 Å². The maximum atomic E-state index is 12.0. The minimum atomic E-state index is -1.70. The molecule has 0 bridgehead atoms. The van der Waals surface area contributed by atoms with E-state index in [1.807, 2.05) is 27.7 Å². The summed E-state index contributed by atoms with van der Waals surface area (Å²) in [7, 11) is -1.70. The summed E-state index contributed by atoms with van der Waals surface area (Å²) in [5.41, 5.74) is 0. The Morgan fingerprint density at radius 1 is 1.17 bits per heavy atom. The van der Waals surface area contributed by atoms with Crippen LogP contribution in [0.25, 0.3) is 0 Å². The van der Waals surface area contributed by atoms with E-state index in [0.717, 1.165) is 0 Å². The maximum absolute atomic E-state index is 12.0. The molecule has 1 N–H and O–H groups in total. The van der Waals surface area contributed by atoms with Crippen molar-refractivity contribution in [3.05, 3.63) is 0 Å². The molecular weight excluding hydrogens is 262 g/mol. The molecule has 0 aliphatic heterocycles. The van der Waals surface area contributed by atoms with Crippen molar-refractivity contribution in [2.45, 2.75) is 77.4 Å². The van der Waals surface area contributed by atoms with Crippen molar-refractivity contribution in [1.29, 1.82) is 0 Å². The summed E-state index contributed by atoms with van der Waals surface area (Å²) in [4.78, 5) is 0. The molecule has 0 aliphatic carbocycles. The Morgan fingerprint density at radius 3 is 1.94 bits per heavy atom. The van der Waals surface area contributed by atoms with E-state index in [1.54, 1.807) is 0 Å². The molecule has 2 atom stereocenters. The van der Waals surface area contributed by atoms with Gasteiger partial charge in [0.2, 0.25) is 0 Å². The van der Waals surface area contributed by atoms with Gasteiger partial charge in [-0.25, -0.2) is 0 Å². The van der Waals surface area contributed by atoms with Gasteiger partial charge in [-0.1, -0.05) is 20.8 Å². The third-order valence-corrected chi connectivity index (χ3v) is 9.59. The van der Waals surface area contributed by atoms with Gasteiger partial charge < -0.3 is 8.98 Å². The van der Waals surface area contributed by atoms with Crippen LogP contribution < -0.4 is 4.72 Å². The summed E-state index contributed by atoms with van der Waals surface area (Å²) >= 11 is -1.03. The first-order chi connectivity index (χ1) is 7.77. The zero-order valence-electron chi connectivity index (χ0n) is 13.5. The van der Waals surface area contributed by atoms with Crippen molar-refractivity contribution in [3.63, 3.8) is 0 Å². The van der Waals surface area contributed by atoms with Crippen molar-refractivity contribution in [2.24, 2.45) is 0 Å². The van der Waals surface area contributed by atoms with Crippen molar-refractivity contribution in [1.82, 2.24) is 4.72 Å². The first kappa shape index (κ1) is 18.4. The summed E-state index contributed by atoms with van der Waals surface area (Å²) in [5, 5.41) is 0.218. The first-order valence-electron chi connectivity index (χ1n) is 6.59. The van der Waals surface area contributed by atoms with Crippen LogP contribution in [0, 0.1) is 0 Å². The van der Waals surface area contributed by atoms with Gasteiger partial charge in [-0.2, -0.15) is 0 Å². The second-order valence-corrected chi connectivity index (χ2v) is 14.3. The van der Waals surface area contributed by atoms with Crippen LogP contribution in [0.15, 0.2) is 0 Å². The van der Waals surface area contributed by atoms with Gasteiger partial charge in [-0.15, -0.1) is 4.72 Å². The van der Waals surface area contributed by atoms with E-state index in [4.69, 9.17) is 4.43 Å². The van der Waals surface area contributed by atoms with Gasteiger partial charge in [0.25, 0.3) is 0 Å². The molecule has 3 nitrogen and oxygen atoms in total. The molecule has 0 aromatic carbocycles. The molecule has 110 valence electrons. The number of hydrogen-bond acceptors (Lipinski definition) is 3. The molecular formula is C13H31NO2SSi. The Morgan fingerprint density at radius 2 is 1.61 bits per heavy atom. The van der Waals surface area contributed by atoms with E-state index < -0.39 is 19.7 Å². The molecule has 0 fully saturated rings. The van der Waals surface area contributed by atoms with Crippen LogP contribution in [-0.2, 0) is 15.8 Å². The molecule has 0 aliphatic rings. The second-order valence-electron chi connectivity index (χ2n) is 7.47. The minimum absolute atomic E-state index is 0.110. The first-order valence-corrected chi connectivity index (χ1v) is 10.7. The topological polar surface area (TPSA) is 44.3 Å². The van der Waals surface area contributed by atoms with E-state index in [2.05, 4.69) is 38.6 Å². The van der Waals surface area contributed by atoms with Crippen molar-refractivity contribution in [3.8, 4) is 0 Å². The molecule has 5 heteroatoms. The molecule has 0 saturated heterocycles.